The van der Waals surface area contributed by atoms with Crippen molar-refractivity contribution in [3.63, 3.8) is 0 Å². The summed E-state index contributed by atoms with van der Waals surface area (Å²) in [5, 5.41) is 0. The van der Waals surface area contributed by atoms with Crippen molar-refractivity contribution in [3.8, 4) is 0 Å². The summed E-state index contributed by atoms with van der Waals surface area (Å²) in [6, 6.07) is 28.2. The third-order valence-electron chi connectivity index (χ3n) is 14.1. The van der Waals surface area contributed by atoms with Crippen LogP contribution in [-0.2, 0) is 18.0 Å². The predicted molar refractivity (Wildman–Crippen MR) is 232 cm³/mol. The molecule has 276 valence electrons. The van der Waals surface area contributed by atoms with E-state index in [4.69, 9.17) is 0 Å². The van der Waals surface area contributed by atoms with Crippen LogP contribution in [0.1, 0.15) is 134 Å². The normalized spacial score (nSPS) is 26.8. The van der Waals surface area contributed by atoms with Crippen LogP contribution in [0, 0.1) is 40.9 Å². The van der Waals surface area contributed by atoms with E-state index < -0.39 is 0 Å². The van der Waals surface area contributed by atoms with E-state index in [-0.39, 0.29) is 21.7 Å². The van der Waals surface area contributed by atoms with E-state index in [0.29, 0.717) is 17.8 Å². The Morgan fingerprint density at radius 3 is 2.15 bits per heavy atom. The molecule has 52 heavy (non-hydrogen) atoms. The van der Waals surface area contributed by atoms with Gasteiger partial charge in [-0.25, -0.2) is 0 Å². The average molecular weight is 711 g/mol. The molecule has 0 saturated heterocycles. The molecule has 0 nitrogen and oxygen atoms in total. The molecule has 0 spiro atoms. The van der Waals surface area contributed by atoms with Crippen molar-refractivity contribution in [3.05, 3.63) is 142 Å². The predicted octanol–water partition coefficient (Wildman–Crippen LogP) is 14.5. The molecule has 1 heteroatoms. The lowest BCUT2D eigenvalue weighted by molar-refractivity contribution is 0.248. The molecule has 3 aliphatic rings. The number of hydrogen-bond donors (Lipinski definition) is 0. The quantitative estimate of drug-likeness (QED) is 0.145. The van der Waals surface area contributed by atoms with E-state index in [1.807, 2.05) is 0 Å². The second-order valence-electron chi connectivity index (χ2n) is 18.6. The Morgan fingerprint density at radius 1 is 0.827 bits per heavy atom. The summed E-state index contributed by atoms with van der Waals surface area (Å²) in [4.78, 5) is 0. The highest BCUT2D eigenvalue weighted by Crippen LogP contribution is 2.59. The van der Waals surface area contributed by atoms with Crippen LogP contribution in [-0.4, -0.2) is 0 Å². The molecule has 0 saturated carbocycles. The minimum absolute atomic E-state index is 0.00783. The van der Waals surface area contributed by atoms with Crippen molar-refractivity contribution in [2.24, 2.45) is 34.0 Å². The van der Waals surface area contributed by atoms with Gasteiger partial charge in [0, 0.05) is 10.8 Å². The Hall–Kier alpha value is -2.95. The monoisotopic (exact) mass is 710 g/mol. The lowest BCUT2D eigenvalue weighted by Gasteiger charge is -2.51. The lowest BCUT2D eigenvalue weighted by atomic mass is 9.53. The molecule has 0 bridgehead atoms. The summed E-state index contributed by atoms with van der Waals surface area (Å²) in [7, 11) is 2.85. The molecule has 5 atom stereocenters. The number of rotatable bonds is 10. The van der Waals surface area contributed by atoms with Crippen LogP contribution in [0.4, 0.5) is 0 Å². The summed E-state index contributed by atoms with van der Waals surface area (Å²) in [6.45, 7) is 24.4. The van der Waals surface area contributed by atoms with Crippen LogP contribution in [0.2, 0.25) is 0 Å². The maximum absolute atomic E-state index is 2.85. The first kappa shape index (κ1) is 38.8. The summed E-state index contributed by atoms with van der Waals surface area (Å²) in [6.07, 6.45) is 19.6. The highest BCUT2D eigenvalue weighted by Gasteiger charge is 2.47. The minimum atomic E-state index is -0.00783. The van der Waals surface area contributed by atoms with E-state index >= 15 is 0 Å². The van der Waals surface area contributed by atoms with Crippen LogP contribution in [0.25, 0.3) is 11.1 Å². The van der Waals surface area contributed by atoms with E-state index in [0.717, 1.165) is 25.4 Å². The number of aryl methyl sites for hydroxylation is 1. The largest absolute Gasteiger partial charge is 0.133 e. The molecule has 0 amide bonds. The Balaban J connectivity index is 1.20. The zero-order chi connectivity index (χ0) is 37.5. The van der Waals surface area contributed by atoms with Crippen LogP contribution in [0.15, 0.2) is 108 Å². The topological polar surface area (TPSA) is 0 Å². The molecule has 0 heterocycles. The fourth-order valence-corrected chi connectivity index (χ4v) is 10.4. The molecule has 0 radical (unpaired) electrons. The van der Waals surface area contributed by atoms with E-state index in [1.54, 1.807) is 11.1 Å². The van der Waals surface area contributed by atoms with E-state index in [2.05, 4.69) is 176 Å². The first-order chi connectivity index (χ1) is 24.6. The molecule has 0 aromatic heterocycles. The van der Waals surface area contributed by atoms with Crippen LogP contribution < -0.4 is 0 Å². The van der Waals surface area contributed by atoms with Crippen LogP contribution >= 0.6 is 9.24 Å². The van der Waals surface area contributed by atoms with Crippen molar-refractivity contribution in [1.29, 1.82) is 0 Å². The smallest absolute Gasteiger partial charge is 0.0164 e. The molecule has 3 aromatic rings. The Kier molecular flexibility index (Phi) is 11.2. The number of allylic oxidation sites excluding steroid dienone is 8. The number of benzene rings is 3. The second kappa shape index (κ2) is 15.1. The van der Waals surface area contributed by atoms with Gasteiger partial charge in [0.15, 0.2) is 0 Å². The number of hydrogen-bond acceptors (Lipinski definition) is 0. The zero-order valence-electron chi connectivity index (χ0n) is 34.2. The zero-order valence-corrected chi connectivity index (χ0v) is 35.4. The SMILES string of the molecule is CCC1(C)CC=C(c2ccc(C)cc2)C(C)(C(C)C)/C1=C/CC(C)(C)c1cccc(CC2CC=C3C(CC=C(c4ccc(CP)cc4)C3(C)C)C2)c1. The standard InChI is InChI=1S/C51H67P/c1-11-50(9)30-27-46(41-20-15-36(4)16-21-41)51(10,35(2)3)47(50)28-29-48(5,6)43-14-12-13-38(33-43)31-39-19-25-45-42(32-39)24-26-44(49(45,7)8)40-22-17-37(34-52)18-23-40/h12-18,20-23,25-28,33,35,39,42H,11,19,24,29-32,34,52H2,1-10H3/b47-28+. The summed E-state index contributed by atoms with van der Waals surface area (Å²) >= 11 is 0. The highest BCUT2D eigenvalue weighted by atomic mass is 31.0. The van der Waals surface area contributed by atoms with Gasteiger partial charge in [-0.2, -0.15) is 0 Å². The van der Waals surface area contributed by atoms with Gasteiger partial charge >= 0.3 is 0 Å². The minimum Gasteiger partial charge on any atom is -0.133 e. The van der Waals surface area contributed by atoms with Gasteiger partial charge in [0.05, 0.1) is 0 Å². The summed E-state index contributed by atoms with van der Waals surface area (Å²) in [5.74, 6) is 1.86. The van der Waals surface area contributed by atoms with Gasteiger partial charge in [0.25, 0.3) is 0 Å². The van der Waals surface area contributed by atoms with Gasteiger partial charge < -0.3 is 0 Å². The van der Waals surface area contributed by atoms with Gasteiger partial charge in [-0.05, 0) is 126 Å². The van der Waals surface area contributed by atoms with Crippen molar-refractivity contribution in [2.75, 3.05) is 0 Å². The van der Waals surface area contributed by atoms with Gasteiger partial charge in [-0.15, -0.1) is 9.24 Å². The molecular weight excluding hydrogens is 644 g/mol. The maximum Gasteiger partial charge on any atom is 0.0164 e. The highest BCUT2D eigenvalue weighted by molar-refractivity contribution is 7.15. The third kappa shape index (κ3) is 7.41. The van der Waals surface area contributed by atoms with Crippen molar-refractivity contribution in [2.45, 2.75) is 126 Å². The van der Waals surface area contributed by atoms with Gasteiger partial charge in [-0.3, -0.25) is 0 Å². The van der Waals surface area contributed by atoms with Gasteiger partial charge in [0.2, 0.25) is 0 Å². The Labute approximate surface area is 320 Å². The molecule has 0 aliphatic heterocycles. The fourth-order valence-electron chi connectivity index (χ4n) is 10.1. The Morgan fingerprint density at radius 2 is 1.50 bits per heavy atom. The lowest BCUT2D eigenvalue weighted by Crippen LogP contribution is -2.39. The molecule has 5 unspecified atom stereocenters. The average Bonchev–Trinajstić information content (AvgIpc) is 3.12. The summed E-state index contributed by atoms with van der Waals surface area (Å²) < 4.78 is 0. The first-order valence-electron chi connectivity index (χ1n) is 20.4. The third-order valence-corrected chi connectivity index (χ3v) is 14.6. The second-order valence-corrected chi connectivity index (χ2v) is 19.1. The molecule has 6 rings (SSSR count). The van der Waals surface area contributed by atoms with Gasteiger partial charge in [0.1, 0.15) is 0 Å². The molecule has 0 N–H and O–H groups in total. The van der Waals surface area contributed by atoms with Crippen LogP contribution in [0.3, 0.4) is 0 Å². The van der Waals surface area contributed by atoms with Crippen molar-refractivity contribution < 1.29 is 0 Å². The Bertz CT molecular complexity index is 1860. The summed E-state index contributed by atoms with van der Waals surface area (Å²) in [5.41, 5.74) is 15.1. The van der Waals surface area contributed by atoms with Crippen LogP contribution in [0.5, 0.6) is 0 Å². The first-order valence-corrected chi connectivity index (χ1v) is 21.2. The molecule has 3 aromatic carbocycles. The van der Waals surface area contributed by atoms with Gasteiger partial charge in [-0.1, -0.05) is 176 Å². The molecule has 3 aliphatic carbocycles. The van der Waals surface area contributed by atoms with Crippen molar-refractivity contribution >= 4 is 20.4 Å². The van der Waals surface area contributed by atoms with E-state index in [9.17, 15) is 0 Å². The maximum atomic E-state index is 2.85. The molecular formula is C51H67P. The fraction of sp³-hybridized carbons (Fsp3) is 0.490. The van der Waals surface area contributed by atoms with E-state index in [1.165, 1.54) is 70.2 Å². The number of fused-ring (bicyclic) bond motifs is 1. The van der Waals surface area contributed by atoms with Crippen molar-refractivity contribution in [1.82, 2.24) is 0 Å². The molecule has 0 fully saturated rings.